The van der Waals surface area contributed by atoms with Gasteiger partial charge in [-0.2, -0.15) is 0 Å². The predicted molar refractivity (Wildman–Crippen MR) is 77.9 cm³/mol. The number of aryl methyl sites for hydroxylation is 1. The van der Waals surface area contributed by atoms with Crippen molar-refractivity contribution in [2.75, 3.05) is 19.0 Å². The second-order valence-electron chi connectivity index (χ2n) is 4.43. The van der Waals surface area contributed by atoms with Crippen molar-refractivity contribution < 1.29 is 4.74 Å². The van der Waals surface area contributed by atoms with Gasteiger partial charge in [0.25, 0.3) is 0 Å². The van der Waals surface area contributed by atoms with Crippen LogP contribution in [-0.4, -0.2) is 33.6 Å². The monoisotopic (exact) mass is 273 g/mol. The summed E-state index contributed by atoms with van der Waals surface area (Å²) >= 11 is 0. The standard InChI is InChI=1S/C14H19N5O/c1-5-6-16-13-9(2)11(18-10(3)19-13)12-14(20-4)17-8-7-15-12/h7-8H,5-6H2,1-4H3,(H,16,18,19). The van der Waals surface area contributed by atoms with Crippen molar-refractivity contribution in [3.05, 3.63) is 23.8 Å². The Morgan fingerprint density at radius 3 is 2.55 bits per heavy atom. The highest BCUT2D eigenvalue weighted by molar-refractivity contribution is 5.68. The summed E-state index contributed by atoms with van der Waals surface area (Å²) in [7, 11) is 1.58. The molecule has 1 N–H and O–H groups in total. The smallest absolute Gasteiger partial charge is 0.241 e. The van der Waals surface area contributed by atoms with Crippen LogP contribution in [0.2, 0.25) is 0 Å². The number of ether oxygens (including phenoxy) is 1. The number of hydrogen-bond acceptors (Lipinski definition) is 6. The quantitative estimate of drug-likeness (QED) is 0.901. The Morgan fingerprint density at radius 1 is 1.10 bits per heavy atom. The lowest BCUT2D eigenvalue weighted by molar-refractivity contribution is 0.397. The zero-order chi connectivity index (χ0) is 14.5. The molecule has 0 aromatic carbocycles. The molecule has 0 saturated heterocycles. The lowest BCUT2D eigenvalue weighted by Gasteiger charge is -2.13. The molecule has 6 heteroatoms. The van der Waals surface area contributed by atoms with Crippen LogP contribution in [0.15, 0.2) is 12.4 Å². The summed E-state index contributed by atoms with van der Waals surface area (Å²) < 4.78 is 5.26. The van der Waals surface area contributed by atoms with Crippen molar-refractivity contribution in [2.24, 2.45) is 0 Å². The molecule has 0 spiro atoms. The van der Waals surface area contributed by atoms with Crippen LogP contribution in [0.3, 0.4) is 0 Å². The van der Waals surface area contributed by atoms with Gasteiger partial charge in [0.1, 0.15) is 17.3 Å². The van der Waals surface area contributed by atoms with Crippen LogP contribution in [-0.2, 0) is 0 Å². The minimum absolute atomic E-state index is 0.468. The molecule has 2 aromatic heterocycles. The van der Waals surface area contributed by atoms with Crippen molar-refractivity contribution >= 4 is 5.82 Å². The van der Waals surface area contributed by atoms with Crippen LogP contribution >= 0.6 is 0 Å². The van der Waals surface area contributed by atoms with Crippen molar-refractivity contribution in [1.82, 2.24) is 19.9 Å². The Kier molecular flexibility index (Phi) is 4.45. The summed E-state index contributed by atoms with van der Waals surface area (Å²) in [6.07, 6.45) is 4.27. The number of anilines is 1. The van der Waals surface area contributed by atoms with E-state index in [9.17, 15) is 0 Å². The van der Waals surface area contributed by atoms with Crippen LogP contribution in [0.1, 0.15) is 24.7 Å². The maximum Gasteiger partial charge on any atom is 0.241 e. The molecule has 2 heterocycles. The third kappa shape index (κ3) is 2.84. The van der Waals surface area contributed by atoms with Crippen molar-refractivity contribution in [2.45, 2.75) is 27.2 Å². The van der Waals surface area contributed by atoms with Gasteiger partial charge in [-0.15, -0.1) is 0 Å². The van der Waals surface area contributed by atoms with E-state index in [0.29, 0.717) is 17.4 Å². The molecule has 0 saturated carbocycles. The van der Waals surface area contributed by atoms with Gasteiger partial charge in [0.2, 0.25) is 5.88 Å². The van der Waals surface area contributed by atoms with E-state index in [2.05, 4.69) is 32.2 Å². The van der Waals surface area contributed by atoms with E-state index < -0.39 is 0 Å². The Balaban J connectivity index is 2.53. The number of nitrogens with one attached hydrogen (secondary N) is 1. The number of nitrogens with zero attached hydrogens (tertiary/aromatic N) is 4. The summed E-state index contributed by atoms with van der Waals surface area (Å²) in [5.74, 6) is 1.99. The molecular weight excluding hydrogens is 254 g/mol. The van der Waals surface area contributed by atoms with E-state index >= 15 is 0 Å². The maximum absolute atomic E-state index is 5.26. The van der Waals surface area contributed by atoms with Crippen molar-refractivity contribution in [3.8, 4) is 17.3 Å². The minimum Gasteiger partial charge on any atom is -0.479 e. The van der Waals surface area contributed by atoms with Crippen LogP contribution in [0, 0.1) is 13.8 Å². The highest BCUT2D eigenvalue weighted by atomic mass is 16.5. The lowest BCUT2D eigenvalue weighted by Crippen LogP contribution is -2.08. The van der Waals surface area contributed by atoms with Gasteiger partial charge >= 0.3 is 0 Å². The summed E-state index contributed by atoms with van der Waals surface area (Å²) in [4.78, 5) is 17.4. The van der Waals surface area contributed by atoms with Gasteiger partial charge in [-0.05, 0) is 20.3 Å². The van der Waals surface area contributed by atoms with E-state index in [1.807, 2.05) is 13.8 Å². The molecular formula is C14H19N5O. The highest BCUT2D eigenvalue weighted by Crippen LogP contribution is 2.29. The van der Waals surface area contributed by atoms with Crippen molar-refractivity contribution in [1.29, 1.82) is 0 Å². The average Bonchev–Trinajstić information content (AvgIpc) is 2.47. The van der Waals surface area contributed by atoms with Crippen LogP contribution in [0.25, 0.3) is 11.4 Å². The molecule has 0 aliphatic carbocycles. The topological polar surface area (TPSA) is 72.8 Å². The second kappa shape index (κ2) is 6.27. The van der Waals surface area contributed by atoms with Gasteiger partial charge in [0.15, 0.2) is 5.69 Å². The minimum atomic E-state index is 0.468. The van der Waals surface area contributed by atoms with Gasteiger partial charge in [0.05, 0.1) is 7.11 Å². The second-order valence-corrected chi connectivity index (χ2v) is 4.43. The number of aromatic nitrogens is 4. The van der Waals surface area contributed by atoms with Crippen LogP contribution < -0.4 is 10.1 Å². The molecule has 0 bridgehead atoms. The molecule has 0 unspecified atom stereocenters. The summed E-state index contributed by atoms with van der Waals surface area (Å²) in [6, 6.07) is 0. The van der Waals surface area contributed by atoms with Crippen LogP contribution in [0.4, 0.5) is 5.82 Å². The third-order valence-electron chi connectivity index (χ3n) is 2.88. The molecule has 0 atom stereocenters. The van der Waals surface area contributed by atoms with Gasteiger partial charge < -0.3 is 10.1 Å². The molecule has 2 aromatic rings. The molecule has 0 radical (unpaired) electrons. The Morgan fingerprint density at radius 2 is 1.85 bits per heavy atom. The fraction of sp³-hybridized carbons (Fsp3) is 0.429. The summed E-state index contributed by atoms with van der Waals surface area (Å²) in [5, 5.41) is 3.31. The Labute approximate surface area is 118 Å². The third-order valence-corrected chi connectivity index (χ3v) is 2.88. The maximum atomic E-state index is 5.26. The van der Waals surface area contributed by atoms with Gasteiger partial charge in [-0.1, -0.05) is 6.92 Å². The first-order valence-corrected chi connectivity index (χ1v) is 6.61. The first-order chi connectivity index (χ1) is 9.67. The zero-order valence-corrected chi connectivity index (χ0v) is 12.3. The Bertz CT molecular complexity index is 600. The lowest BCUT2D eigenvalue weighted by atomic mass is 10.1. The summed E-state index contributed by atoms with van der Waals surface area (Å²) in [5.41, 5.74) is 2.33. The number of hydrogen-bond donors (Lipinski definition) is 1. The van der Waals surface area contributed by atoms with Crippen LogP contribution in [0.5, 0.6) is 5.88 Å². The van der Waals surface area contributed by atoms with Gasteiger partial charge in [-0.3, -0.25) is 0 Å². The number of methoxy groups -OCH3 is 1. The summed E-state index contributed by atoms with van der Waals surface area (Å²) in [6.45, 7) is 6.82. The fourth-order valence-electron chi connectivity index (χ4n) is 1.91. The van der Waals surface area contributed by atoms with E-state index in [4.69, 9.17) is 4.74 Å². The van der Waals surface area contributed by atoms with Crippen molar-refractivity contribution in [3.63, 3.8) is 0 Å². The Hall–Kier alpha value is -2.24. The molecule has 0 aliphatic heterocycles. The van der Waals surface area contributed by atoms with E-state index in [1.54, 1.807) is 19.5 Å². The van der Waals surface area contributed by atoms with E-state index in [1.165, 1.54) is 0 Å². The molecule has 0 fully saturated rings. The number of rotatable bonds is 5. The van der Waals surface area contributed by atoms with Gasteiger partial charge in [0, 0.05) is 24.5 Å². The molecule has 0 amide bonds. The van der Waals surface area contributed by atoms with Gasteiger partial charge in [-0.25, -0.2) is 19.9 Å². The molecule has 106 valence electrons. The molecule has 2 rings (SSSR count). The average molecular weight is 273 g/mol. The molecule has 20 heavy (non-hydrogen) atoms. The molecule has 0 aliphatic rings. The predicted octanol–water partition coefficient (Wildman–Crippen LogP) is 2.38. The fourth-order valence-corrected chi connectivity index (χ4v) is 1.91. The van der Waals surface area contributed by atoms with E-state index in [0.717, 1.165) is 30.0 Å². The largest absolute Gasteiger partial charge is 0.479 e. The first kappa shape index (κ1) is 14.2. The highest BCUT2D eigenvalue weighted by Gasteiger charge is 2.16. The first-order valence-electron chi connectivity index (χ1n) is 6.61. The normalized spacial score (nSPS) is 10.4. The van der Waals surface area contributed by atoms with E-state index in [-0.39, 0.29) is 0 Å². The molecule has 6 nitrogen and oxygen atoms in total. The zero-order valence-electron chi connectivity index (χ0n) is 12.3. The SMILES string of the molecule is CCCNc1nc(C)nc(-c2nccnc2OC)c1C.